The minimum Gasteiger partial charge on any atom is -0.544 e. The molecule has 0 aromatic heterocycles. The molecule has 1 fully saturated rings. The lowest BCUT2D eigenvalue weighted by Crippen LogP contribution is -2.28. The second-order valence-electron chi connectivity index (χ2n) is 3.75. The molecule has 70 valence electrons. The first kappa shape index (κ1) is 9.76. The molecular formula is C8H16O3Si. The van der Waals surface area contributed by atoms with Crippen LogP contribution in [0.4, 0.5) is 0 Å². The van der Waals surface area contributed by atoms with Crippen molar-refractivity contribution < 1.29 is 13.9 Å². The Morgan fingerprint density at radius 1 is 1.33 bits per heavy atom. The highest BCUT2D eigenvalue weighted by Crippen LogP contribution is 2.17. The van der Waals surface area contributed by atoms with Crippen LogP contribution in [0.2, 0.25) is 19.6 Å². The highest BCUT2D eigenvalue weighted by atomic mass is 28.4. The molecule has 12 heavy (non-hydrogen) atoms. The maximum Gasteiger partial charge on any atom is 0.241 e. The van der Waals surface area contributed by atoms with E-state index in [-0.39, 0.29) is 6.29 Å². The molecule has 0 bridgehead atoms. The first-order chi connectivity index (χ1) is 5.49. The van der Waals surface area contributed by atoms with Crippen LogP contribution < -0.4 is 0 Å². The Bertz CT molecular complexity index is 168. The summed E-state index contributed by atoms with van der Waals surface area (Å²) in [5.41, 5.74) is 0. The van der Waals surface area contributed by atoms with E-state index in [1.54, 1.807) is 0 Å². The van der Waals surface area contributed by atoms with Gasteiger partial charge in [-0.05, 0) is 19.6 Å². The van der Waals surface area contributed by atoms with Crippen molar-refractivity contribution in [2.24, 2.45) is 0 Å². The third-order valence-electron chi connectivity index (χ3n) is 1.32. The van der Waals surface area contributed by atoms with Crippen LogP contribution in [0, 0.1) is 0 Å². The third-order valence-corrected chi connectivity index (χ3v) is 2.20. The van der Waals surface area contributed by atoms with Crippen molar-refractivity contribution in [3.63, 3.8) is 0 Å². The van der Waals surface area contributed by atoms with Crippen molar-refractivity contribution in [3.8, 4) is 0 Å². The molecule has 1 aliphatic heterocycles. The van der Waals surface area contributed by atoms with Gasteiger partial charge in [0.05, 0.1) is 13.2 Å². The quantitative estimate of drug-likeness (QED) is 0.498. The molecule has 0 N–H and O–H groups in total. The molecule has 1 heterocycles. The first-order valence-electron chi connectivity index (χ1n) is 4.10. The van der Waals surface area contributed by atoms with E-state index in [0.29, 0.717) is 19.0 Å². The highest BCUT2D eigenvalue weighted by molar-refractivity contribution is 6.70. The summed E-state index contributed by atoms with van der Waals surface area (Å²) < 4.78 is 16.1. The summed E-state index contributed by atoms with van der Waals surface area (Å²) in [6.07, 6.45) is -0.336. The van der Waals surface area contributed by atoms with Gasteiger partial charge in [-0.1, -0.05) is 6.58 Å². The molecule has 0 amide bonds. The van der Waals surface area contributed by atoms with Gasteiger partial charge in [-0.2, -0.15) is 0 Å². The molecule has 0 atom stereocenters. The largest absolute Gasteiger partial charge is 0.544 e. The van der Waals surface area contributed by atoms with Crippen molar-refractivity contribution >= 4 is 8.32 Å². The molecule has 0 unspecified atom stereocenters. The SMILES string of the molecule is C=C(O[Si](C)(C)C)C1OCCO1. The molecule has 0 aromatic rings. The van der Waals surface area contributed by atoms with Gasteiger partial charge in [0.2, 0.25) is 14.6 Å². The van der Waals surface area contributed by atoms with E-state index in [1.165, 1.54) is 0 Å². The van der Waals surface area contributed by atoms with Crippen molar-refractivity contribution in [1.29, 1.82) is 0 Å². The molecule has 0 aliphatic carbocycles. The Balaban J connectivity index is 2.37. The standard InChI is InChI=1S/C8H16O3Si/c1-7(11-12(2,3)4)8-9-5-6-10-8/h8H,1,5-6H2,2-4H3. The molecule has 0 radical (unpaired) electrons. The van der Waals surface area contributed by atoms with E-state index in [1.807, 2.05) is 0 Å². The number of hydrogen-bond acceptors (Lipinski definition) is 3. The summed E-state index contributed by atoms with van der Waals surface area (Å²) in [6, 6.07) is 0. The van der Waals surface area contributed by atoms with E-state index < -0.39 is 8.32 Å². The van der Waals surface area contributed by atoms with Crippen LogP contribution in [0.1, 0.15) is 0 Å². The summed E-state index contributed by atoms with van der Waals surface area (Å²) in [4.78, 5) is 0. The predicted molar refractivity (Wildman–Crippen MR) is 49.3 cm³/mol. The van der Waals surface area contributed by atoms with E-state index in [0.717, 1.165) is 0 Å². The molecule has 1 aliphatic rings. The normalized spacial score (nSPS) is 19.6. The average molecular weight is 188 g/mol. The van der Waals surface area contributed by atoms with Gasteiger partial charge in [0.25, 0.3) is 0 Å². The molecule has 0 aromatic carbocycles. The van der Waals surface area contributed by atoms with Gasteiger partial charge in [0.1, 0.15) is 5.76 Å². The summed E-state index contributed by atoms with van der Waals surface area (Å²) in [5, 5.41) is 0. The molecule has 3 nitrogen and oxygen atoms in total. The maximum atomic E-state index is 5.62. The Hall–Kier alpha value is -0.323. The Labute approximate surface area is 74.4 Å². The van der Waals surface area contributed by atoms with Crippen LogP contribution in [-0.2, 0) is 13.9 Å². The van der Waals surface area contributed by atoms with Crippen LogP contribution in [0.25, 0.3) is 0 Å². The van der Waals surface area contributed by atoms with Crippen LogP contribution >= 0.6 is 0 Å². The Morgan fingerprint density at radius 3 is 2.25 bits per heavy atom. The zero-order chi connectivity index (χ0) is 9.19. The van der Waals surface area contributed by atoms with Crippen molar-refractivity contribution in [1.82, 2.24) is 0 Å². The minimum absolute atomic E-state index is 0.336. The maximum absolute atomic E-state index is 5.62. The highest BCUT2D eigenvalue weighted by Gasteiger charge is 2.25. The van der Waals surface area contributed by atoms with E-state index in [4.69, 9.17) is 13.9 Å². The topological polar surface area (TPSA) is 27.7 Å². The van der Waals surface area contributed by atoms with Gasteiger partial charge in [-0.15, -0.1) is 0 Å². The van der Waals surface area contributed by atoms with Crippen LogP contribution in [0.5, 0.6) is 0 Å². The summed E-state index contributed by atoms with van der Waals surface area (Å²) in [7, 11) is -1.55. The van der Waals surface area contributed by atoms with Crippen molar-refractivity contribution in [3.05, 3.63) is 12.3 Å². The van der Waals surface area contributed by atoms with Crippen molar-refractivity contribution in [2.45, 2.75) is 25.9 Å². The lowest BCUT2D eigenvalue weighted by atomic mass is 10.5. The zero-order valence-corrected chi connectivity index (χ0v) is 8.92. The lowest BCUT2D eigenvalue weighted by molar-refractivity contribution is -0.0352. The fourth-order valence-electron chi connectivity index (χ4n) is 0.986. The fourth-order valence-corrected chi connectivity index (χ4v) is 1.87. The number of hydrogen-bond donors (Lipinski definition) is 0. The lowest BCUT2D eigenvalue weighted by Gasteiger charge is -2.23. The van der Waals surface area contributed by atoms with Gasteiger partial charge in [-0.3, -0.25) is 0 Å². The van der Waals surface area contributed by atoms with Gasteiger partial charge in [0, 0.05) is 0 Å². The van der Waals surface area contributed by atoms with E-state index >= 15 is 0 Å². The zero-order valence-electron chi connectivity index (χ0n) is 7.92. The average Bonchev–Trinajstić information content (AvgIpc) is 2.32. The predicted octanol–water partition coefficient (Wildman–Crippen LogP) is 1.72. The Morgan fingerprint density at radius 2 is 1.83 bits per heavy atom. The molecule has 1 rings (SSSR count). The summed E-state index contributed by atoms with van der Waals surface area (Å²) >= 11 is 0. The molecule has 1 saturated heterocycles. The van der Waals surface area contributed by atoms with E-state index in [2.05, 4.69) is 26.2 Å². The van der Waals surface area contributed by atoms with E-state index in [9.17, 15) is 0 Å². The van der Waals surface area contributed by atoms with Crippen LogP contribution in [0.15, 0.2) is 12.3 Å². The second kappa shape index (κ2) is 3.59. The first-order valence-corrected chi connectivity index (χ1v) is 7.51. The number of rotatable bonds is 3. The van der Waals surface area contributed by atoms with Crippen LogP contribution in [-0.4, -0.2) is 27.8 Å². The van der Waals surface area contributed by atoms with Gasteiger partial charge in [0.15, 0.2) is 0 Å². The van der Waals surface area contributed by atoms with Crippen LogP contribution in [0.3, 0.4) is 0 Å². The Kier molecular flexibility index (Phi) is 2.92. The molecule has 0 saturated carbocycles. The van der Waals surface area contributed by atoms with Gasteiger partial charge in [-0.25, -0.2) is 0 Å². The minimum atomic E-state index is -1.55. The summed E-state index contributed by atoms with van der Waals surface area (Å²) in [6.45, 7) is 11.4. The van der Waals surface area contributed by atoms with Gasteiger partial charge >= 0.3 is 0 Å². The third kappa shape index (κ3) is 2.96. The monoisotopic (exact) mass is 188 g/mol. The molecule has 4 heteroatoms. The fraction of sp³-hybridized carbons (Fsp3) is 0.750. The number of ether oxygens (including phenoxy) is 2. The smallest absolute Gasteiger partial charge is 0.241 e. The van der Waals surface area contributed by atoms with Crippen molar-refractivity contribution in [2.75, 3.05) is 13.2 Å². The molecule has 0 spiro atoms. The summed E-state index contributed by atoms with van der Waals surface area (Å²) in [5.74, 6) is 0.617. The second-order valence-corrected chi connectivity index (χ2v) is 8.18. The van der Waals surface area contributed by atoms with Gasteiger partial charge < -0.3 is 13.9 Å². The molecular weight excluding hydrogens is 172 g/mol.